The fourth-order valence-corrected chi connectivity index (χ4v) is 1.00. The fourth-order valence-electron chi connectivity index (χ4n) is 1.00. The Morgan fingerprint density at radius 3 is 2.38 bits per heavy atom. The molecule has 2 nitrogen and oxygen atoms in total. The lowest BCUT2D eigenvalue weighted by Crippen LogP contribution is -2.03. The predicted octanol–water partition coefficient (Wildman–Crippen LogP) is 3.80. The van der Waals surface area contributed by atoms with Crippen LogP contribution < -0.4 is 0 Å². The van der Waals surface area contributed by atoms with Gasteiger partial charge in [0.2, 0.25) is 5.88 Å². The summed E-state index contributed by atoms with van der Waals surface area (Å²) in [6.45, 7) is 12.6. The van der Waals surface area contributed by atoms with Crippen molar-refractivity contribution >= 4 is 6.72 Å². The van der Waals surface area contributed by atoms with Gasteiger partial charge in [0.15, 0.2) is 0 Å². The highest BCUT2D eigenvalue weighted by Crippen LogP contribution is 2.48. The molecule has 0 aromatic heterocycles. The van der Waals surface area contributed by atoms with Crippen LogP contribution >= 0.6 is 0 Å². The average Bonchev–Trinajstić information content (AvgIpc) is 2.89. The quantitative estimate of drug-likeness (QED) is 0.400. The average molecular weight is 231 g/mol. The van der Waals surface area contributed by atoms with Crippen molar-refractivity contribution in [3.8, 4) is 0 Å². The van der Waals surface area contributed by atoms with Gasteiger partial charge >= 0.3 is 0 Å². The summed E-state index contributed by atoms with van der Waals surface area (Å²) in [4.78, 5) is 3.60. The predicted molar refractivity (Wildman–Crippen MR) is 62.8 cm³/mol. The summed E-state index contributed by atoms with van der Waals surface area (Å²) in [6, 6.07) is 0. The van der Waals surface area contributed by atoms with Gasteiger partial charge in [0.05, 0.1) is 12.5 Å². The Morgan fingerprint density at radius 1 is 1.56 bits per heavy atom. The number of allylic oxidation sites excluding steroid dienone is 2. The summed E-state index contributed by atoms with van der Waals surface area (Å²) in [7, 11) is 0. The van der Waals surface area contributed by atoms with Crippen LogP contribution in [-0.2, 0) is 4.74 Å². The van der Waals surface area contributed by atoms with E-state index in [1.165, 1.54) is 0 Å². The first kappa shape index (κ1) is 14.8. The van der Waals surface area contributed by atoms with Crippen molar-refractivity contribution < 1.29 is 13.5 Å². The molecule has 0 radical (unpaired) electrons. The normalized spacial score (nSPS) is 22.2. The third-order valence-corrected chi connectivity index (χ3v) is 2.16. The lowest BCUT2D eigenvalue weighted by molar-refractivity contribution is 0.0731. The van der Waals surface area contributed by atoms with Crippen LogP contribution in [0.3, 0.4) is 0 Å². The van der Waals surface area contributed by atoms with Crippen molar-refractivity contribution in [2.45, 2.75) is 33.1 Å². The smallest absolute Gasteiger partial charge is 0.255 e. The first-order valence-electron chi connectivity index (χ1n) is 5.32. The van der Waals surface area contributed by atoms with Crippen LogP contribution in [0.4, 0.5) is 8.78 Å². The van der Waals surface area contributed by atoms with Crippen molar-refractivity contribution in [1.29, 1.82) is 0 Å². The van der Waals surface area contributed by atoms with Crippen LogP contribution in [0.25, 0.3) is 0 Å². The Hall–Kier alpha value is -1.19. The largest absolute Gasteiger partial charge is 0.477 e. The number of ether oxygens (including phenoxy) is 1. The highest BCUT2D eigenvalue weighted by atomic mass is 19.3. The van der Waals surface area contributed by atoms with Gasteiger partial charge in [0.1, 0.15) is 0 Å². The third kappa shape index (κ3) is 4.13. The molecule has 0 spiro atoms. The summed E-state index contributed by atoms with van der Waals surface area (Å²) >= 11 is 0. The van der Waals surface area contributed by atoms with E-state index >= 15 is 0 Å². The number of nitrogens with zero attached hydrogens (tertiary/aromatic N) is 1. The summed E-state index contributed by atoms with van der Waals surface area (Å²) in [5.74, 6) is -2.94. The van der Waals surface area contributed by atoms with Crippen molar-refractivity contribution in [3.05, 3.63) is 24.1 Å². The Bertz CT molecular complexity index is 285. The van der Waals surface area contributed by atoms with E-state index in [1.807, 2.05) is 13.8 Å². The minimum Gasteiger partial charge on any atom is -0.477 e. The van der Waals surface area contributed by atoms with E-state index < -0.39 is 11.8 Å². The van der Waals surface area contributed by atoms with E-state index in [0.717, 1.165) is 0 Å². The van der Waals surface area contributed by atoms with Gasteiger partial charge in [0.25, 0.3) is 5.92 Å². The fraction of sp³-hybridized carbons (Fsp3) is 0.583. The molecule has 1 unspecified atom stereocenters. The maximum atomic E-state index is 12.5. The second kappa shape index (κ2) is 6.40. The zero-order chi connectivity index (χ0) is 12.8. The molecule has 1 atom stereocenters. The molecule has 0 aromatic carbocycles. The molecular formula is C12H19F2NO. The topological polar surface area (TPSA) is 21.6 Å². The molecule has 1 rings (SSSR count). The van der Waals surface area contributed by atoms with Gasteiger partial charge in [-0.1, -0.05) is 26.5 Å². The minimum absolute atomic E-state index is 0.00741. The van der Waals surface area contributed by atoms with Gasteiger partial charge in [-0.15, -0.1) is 0 Å². The van der Waals surface area contributed by atoms with Gasteiger partial charge in [-0.25, -0.2) is 13.8 Å². The highest BCUT2D eigenvalue weighted by Gasteiger charge is 2.57. The molecule has 16 heavy (non-hydrogen) atoms. The summed E-state index contributed by atoms with van der Waals surface area (Å²) < 4.78 is 30.0. The molecule has 1 aliphatic rings. The number of rotatable bonds is 5. The van der Waals surface area contributed by atoms with Crippen molar-refractivity contribution in [2.75, 3.05) is 6.61 Å². The van der Waals surface area contributed by atoms with Crippen LogP contribution in [0.15, 0.2) is 29.1 Å². The standard InChI is InChI=1S/C10H13F2NO.C2H6/c1-4-7(2)9(13-3)14-6-8-5-10(8,11)12;1-2/h4,8H,1,3,5-6H2,2H3;1-2H3/b9-7+;. The lowest BCUT2D eigenvalue weighted by atomic mass is 10.3. The van der Waals surface area contributed by atoms with Gasteiger partial charge in [0, 0.05) is 12.0 Å². The molecular weight excluding hydrogens is 212 g/mol. The van der Waals surface area contributed by atoms with E-state index in [2.05, 4.69) is 18.3 Å². The maximum Gasteiger partial charge on any atom is 0.255 e. The molecule has 0 amide bonds. The van der Waals surface area contributed by atoms with Crippen LogP contribution in [0.1, 0.15) is 27.2 Å². The molecule has 0 heterocycles. The second-order valence-electron chi connectivity index (χ2n) is 3.32. The van der Waals surface area contributed by atoms with Crippen LogP contribution in [0, 0.1) is 5.92 Å². The Balaban J connectivity index is 0.00000106. The van der Waals surface area contributed by atoms with Gasteiger partial charge in [-0.3, -0.25) is 0 Å². The van der Waals surface area contributed by atoms with Crippen molar-refractivity contribution in [3.63, 3.8) is 0 Å². The van der Waals surface area contributed by atoms with Crippen molar-refractivity contribution in [1.82, 2.24) is 0 Å². The highest BCUT2D eigenvalue weighted by molar-refractivity contribution is 5.30. The number of hydrogen-bond donors (Lipinski definition) is 0. The Kier molecular flexibility index (Phi) is 5.93. The van der Waals surface area contributed by atoms with E-state index in [9.17, 15) is 8.78 Å². The van der Waals surface area contributed by atoms with Gasteiger partial charge in [-0.2, -0.15) is 0 Å². The maximum absolute atomic E-state index is 12.5. The SMILES string of the molecule is C=C/C(C)=C(\N=C)OCC1CC1(F)F.CC. The van der Waals surface area contributed by atoms with Crippen LogP contribution in [0.5, 0.6) is 0 Å². The molecule has 92 valence electrons. The third-order valence-electron chi connectivity index (χ3n) is 2.16. The summed E-state index contributed by atoms with van der Waals surface area (Å²) in [6.07, 6.45) is 1.46. The van der Waals surface area contributed by atoms with E-state index in [-0.39, 0.29) is 18.9 Å². The number of halogens is 2. The second-order valence-corrected chi connectivity index (χ2v) is 3.32. The van der Waals surface area contributed by atoms with Crippen LogP contribution in [0.2, 0.25) is 0 Å². The molecule has 0 aromatic rings. The molecule has 0 N–H and O–H groups in total. The Labute approximate surface area is 95.7 Å². The van der Waals surface area contributed by atoms with Crippen molar-refractivity contribution in [2.24, 2.45) is 10.9 Å². The Morgan fingerprint density at radius 2 is 2.06 bits per heavy atom. The first-order valence-corrected chi connectivity index (χ1v) is 5.32. The molecule has 0 bridgehead atoms. The van der Waals surface area contributed by atoms with E-state index in [1.54, 1.807) is 13.0 Å². The monoisotopic (exact) mass is 231 g/mol. The zero-order valence-electron chi connectivity index (χ0n) is 10.1. The molecule has 1 saturated carbocycles. The van der Waals surface area contributed by atoms with Gasteiger partial charge < -0.3 is 4.74 Å². The van der Waals surface area contributed by atoms with Gasteiger partial charge in [-0.05, 0) is 13.6 Å². The zero-order valence-corrected chi connectivity index (χ0v) is 10.1. The number of alkyl halides is 2. The van der Waals surface area contributed by atoms with Crippen LogP contribution in [-0.4, -0.2) is 19.2 Å². The summed E-state index contributed by atoms with van der Waals surface area (Å²) in [5.41, 5.74) is 0.698. The summed E-state index contributed by atoms with van der Waals surface area (Å²) in [5, 5.41) is 0. The molecule has 1 fully saturated rings. The molecule has 0 saturated heterocycles. The molecule has 4 heteroatoms. The lowest BCUT2D eigenvalue weighted by Gasteiger charge is -2.06. The number of hydrogen-bond acceptors (Lipinski definition) is 2. The van der Waals surface area contributed by atoms with E-state index in [0.29, 0.717) is 5.57 Å². The first-order chi connectivity index (χ1) is 7.51. The number of aliphatic imine (C=N–C) groups is 1. The minimum atomic E-state index is -2.55. The molecule has 0 aliphatic heterocycles. The molecule has 1 aliphatic carbocycles. The van der Waals surface area contributed by atoms with E-state index in [4.69, 9.17) is 4.74 Å².